The highest BCUT2D eigenvalue weighted by Gasteiger charge is 2.43. The van der Waals surface area contributed by atoms with E-state index in [0.29, 0.717) is 35.6 Å². The van der Waals surface area contributed by atoms with Crippen molar-refractivity contribution in [3.05, 3.63) is 75.0 Å². The molecule has 3 aromatic rings. The van der Waals surface area contributed by atoms with E-state index in [1.54, 1.807) is 28.6 Å². The summed E-state index contributed by atoms with van der Waals surface area (Å²) in [5.41, 5.74) is 2.15. The number of piperidine rings is 2. The molecule has 12 heteroatoms. The SMILES string of the molecule is Cc1ncnc(C)c1C(=O)N1CCC(C)(N2CCN([C@H](c3cccs3)C3CCN(S(=O)(=O)c4cccc(Cl)c4)CC3)[C@@H](C)C2)CC1. The number of thiophene rings is 1. The minimum Gasteiger partial charge on any atom is -0.338 e. The van der Waals surface area contributed by atoms with Crippen molar-refractivity contribution in [2.75, 3.05) is 45.8 Å². The first-order valence-corrected chi connectivity index (χ1v) is 19.0. The molecule has 3 saturated heterocycles. The van der Waals surface area contributed by atoms with Gasteiger partial charge in [-0.2, -0.15) is 4.31 Å². The van der Waals surface area contributed by atoms with Gasteiger partial charge in [-0.1, -0.05) is 23.7 Å². The quantitative estimate of drug-likeness (QED) is 0.318. The van der Waals surface area contributed by atoms with Gasteiger partial charge in [0.1, 0.15) is 6.33 Å². The Balaban J connectivity index is 1.10. The Morgan fingerprint density at radius 2 is 1.70 bits per heavy atom. The van der Waals surface area contributed by atoms with Crippen LogP contribution in [0.4, 0.5) is 0 Å². The lowest BCUT2D eigenvalue weighted by Crippen LogP contribution is -2.62. The van der Waals surface area contributed by atoms with Crippen molar-refractivity contribution in [3.63, 3.8) is 0 Å². The van der Waals surface area contributed by atoms with Gasteiger partial charge in [0.25, 0.3) is 5.91 Å². The molecule has 0 N–H and O–H groups in total. The van der Waals surface area contributed by atoms with Gasteiger partial charge in [-0.3, -0.25) is 14.6 Å². The zero-order valence-corrected chi connectivity index (χ0v) is 29.6. The fourth-order valence-electron chi connectivity index (χ4n) is 7.78. The molecule has 0 spiro atoms. The van der Waals surface area contributed by atoms with Crippen molar-refractivity contribution in [2.45, 2.75) is 75.9 Å². The van der Waals surface area contributed by atoms with Crippen LogP contribution in [0.15, 0.2) is 53.0 Å². The van der Waals surface area contributed by atoms with Crippen molar-refractivity contribution in [1.29, 1.82) is 0 Å². The highest BCUT2D eigenvalue weighted by atomic mass is 35.5. The number of carbonyl (C=O) groups is 1. The number of hydrogen-bond acceptors (Lipinski definition) is 8. The molecule has 3 fully saturated rings. The first kappa shape index (κ1) is 33.5. The largest absolute Gasteiger partial charge is 0.338 e. The second-order valence-electron chi connectivity index (χ2n) is 13.4. The van der Waals surface area contributed by atoms with Gasteiger partial charge < -0.3 is 4.90 Å². The number of sulfonamides is 1. The number of hydrogen-bond donors (Lipinski definition) is 0. The molecule has 0 unspecified atom stereocenters. The van der Waals surface area contributed by atoms with Crippen LogP contribution in [-0.2, 0) is 10.0 Å². The van der Waals surface area contributed by atoms with Gasteiger partial charge in [0.2, 0.25) is 10.0 Å². The van der Waals surface area contributed by atoms with Gasteiger partial charge in [-0.15, -0.1) is 11.3 Å². The number of amides is 1. The second-order valence-corrected chi connectivity index (χ2v) is 16.8. The fraction of sp³-hybridized carbons (Fsp3) is 0.559. The third-order valence-electron chi connectivity index (χ3n) is 10.6. The average Bonchev–Trinajstić information content (AvgIpc) is 3.57. The molecule has 3 aliphatic heterocycles. The number of aromatic nitrogens is 2. The third kappa shape index (κ3) is 6.64. The number of benzene rings is 1. The molecule has 46 heavy (non-hydrogen) atoms. The van der Waals surface area contributed by atoms with Gasteiger partial charge >= 0.3 is 0 Å². The highest BCUT2D eigenvalue weighted by Crippen LogP contribution is 2.42. The maximum atomic E-state index is 13.4. The molecule has 0 bridgehead atoms. The smallest absolute Gasteiger partial charge is 0.257 e. The lowest BCUT2D eigenvalue weighted by atomic mass is 9.84. The van der Waals surface area contributed by atoms with Crippen molar-refractivity contribution in [3.8, 4) is 0 Å². The summed E-state index contributed by atoms with van der Waals surface area (Å²) in [6, 6.07) is 11.6. The zero-order chi connectivity index (χ0) is 32.6. The number of likely N-dealkylation sites (tertiary alicyclic amines) is 1. The average molecular weight is 685 g/mol. The molecular weight excluding hydrogens is 640 g/mol. The van der Waals surface area contributed by atoms with E-state index in [1.165, 1.54) is 11.2 Å². The van der Waals surface area contributed by atoms with Crippen molar-refractivity contribution >= 4 is 38.9 Å². The molecule has 3 aliphatic rings. The number of carbonyl (C=O) groups excluding carboxylic acids is 1. The lowest BCUT2D eigenvalue weighted by Gasteiger charge is -2.53. The molecule has 1 aromatic carbocycles. The van der Waals surface area contributed by atoms with E-state index in [9.17, 15) is 13.2 Å². The Bertz CT molecular complexity index is 1620. The Hall–Kier alpha value is -2.41. The molecule has 1 amide bonds. The summed E-state index contributed by atoms with van der Waals surface area (Å²) < 4.78 is 28.4. The molecule has 5 heterocycles. The van der Waals surface area contributed by atoms with Crippen LogP contribution in [-0.4, -0.2) is 101 Å². The summed E-state index contributed by atoms with van der Waals surface area (Å²) in [4.78, 5) is 30.9. The summed E-state index contributed by atoms with van der Waals surface area (Å²) in [5.74, 6) is 0.415. The molecule has 0 saturated carbocycles. The normalized spacial score (nSPS) is 23.0. The van der Waals surface area contributed by atoms with Crippen LogP contribution in [0.3, 0.4) is 0 Å². The van der Waals surface area contributed by atoms with Crippen molar-refractivity contribution in [1.82, 2.24) is 29.0 Å². The summed E-state index contributed by atoms with van der Waals surface area (Å²) >= 11 is 7.93. The first-order valence-electron chi connectivity index (χ1n) is 16.4. The standard InChI is InChI=1S/C34H45ClN6O3S2/c1-24-22-39(34(4)12-16-38(17-13-34)33(42)31-25(2)36-23-37-26(31)3)18-19-41(24)32(30-9-6-20-45-30)27-10-14-40(15-11-27)46(43,44)29-8-5-7-28(35)21-29/h5-9,20-21,23-24,27,32H,10-19,22H2,1-4H3/t24-,32-/m0/s1. The second kappa shape index (κ2) is 13.6. The number of rotatable bonds is 7. The van der Waals surface area contributed by atoms with Gasteiger partial charge in [0, 0.05) is 73.3 Å². The van der Waals surface area contributed by atoms with E-state index in [0.717, 1.165) is 69.8 Å². The van der Waals surface area contributed by atoms with Crippen LogP contribution in [0.1, 0.15) is 72.2 Å². The molecule has 248 valence electrons. The summed E-state index contributed by atoms with van der Waals surface area (Å²) in [6.45, 7) is 13.9. The van der Waals surface area contributed by atoms with Crippen LogP contribution in [0.2, 0.25) is 5.02 Å². The van der Waals surface area contributed by atoms with Crippen LogP contribution in [0.25, 0.3) is 0 Å². The van der Waals surface area contributed by atoms with Gasteiger partial charge in [-0.05, 0) is 88.9 Å². The molecule has 2 atom stereocenters. The predicted octanol–water partition coefficient (Wildman–Crippen LogP) is 5.65. The van der Waals surface area contributed by atoms with E-state index < -0.39 is 10.0 Å². The van der Waals surface area contributed by atoms with Gasteiger partial charge in [0.05, 0.1) is 21.8 Å². The highest BCUT2D eigenvalue weighted by molar-refractivity contribution is 7.89. The van der Waals surface area contributed by atoms with E-state index in [-0.39, 0.29) is 22.4 Å². The topological polar surface area (TPSA) is 90.0 Å². The lowest BCUT2D eigenvalue weighted by molar-refractivity contribution is -0.0415. The van der Waals surface area contributed by atoms with Crippen molar-refractivity contribution < 1.29 is 13.2 Å². The zero-order valence-electron chi connectivity index (χ0n) is 27.2. The van der Waals surface area contributed by atoms with Gasteiger partial charge in [-0.25, -0.2) is 18.4 Å². The number of piperazine rings is 1. The Labute approximate surface area is 282 Å². The summed E-state index contributed by atoms with van der Waals surface area (Å²) in [5, 5.41) is 2.59. The maximum Gasteiger partial charge on any atom is 0.257 e. The van der Waals surface area contributed by atoms with E-state index in [2.05, 4.69) is 51.1 Å². The fourth-order valence-corrected chi connectivity index (χ4v) is 10.5. The van der Waals surface area contributed by atoms with Crippen LogP contribution >= 0.6 is 22.9 Å². The van der Waals surface area contributed by atoms with E-state index in [4.69, 9.17) is 11.6 Å². The maximum absolute atomic E-state index is 13.4. The predicted molar refractivity (Wildman–Crippen MR) is 183 cm³/mol. The number of nitrogens with zero attached hydrogens (tertiary/aromatic N) is 6. The monoisotopic (exact) mass is 684 g/mol. The number of aryl methyl sites for hydroxylation is 2. The van der Waals surface area contributed by atoms with E-state index in [1.807, 2.05) is 30.1 Å². The van der Waals surface area contributed by atoms with Crippen LogP contribution < -0.4 is 0 Å². The van der Waals surface area contributed by atoms with Crippen molar-refractivity contribution in [2.24, 2.45) is 5.92 Å². The third-order valence-corrected chi connectivity index (χ3v) is 13.7. The molecule has 0 aliphatic carbocycles. The Morgan fingerprint density at radius 3 is 2.30 bits per heavy atom. The van der Waals surface area contributed by atoms with Crippen LogP contribution in [0, 0.1) is 19.8 Å². The molecule has 2 aromatic heterocycles. The van der Waals surface area contributed by atoms with E-state index >= 15 is 0 Å². The Morgan fingerprint density at radius 1 is 1.00 bits per heavy atom. The molecule has 6 rings (SSSR count). The Kier molecular flexibility index (Phi) is 9.90. The first-order chi connectivity index (χ1) is 22.0. The minimum atomic E-state index is -3.58. The molecule has 9 nitrogen and oxygen atoms in total. The van der Waals surface area contributed by atoms with Crippen LogP contribution in [0.5, 0.6) is 0 Å². The molecule has 0 radical (unpaired) electrons. The summed E-state index contributed by atoms with van der Waals surface area (Å²) in [7, 11) is -3.58. The molecular formula is C34H45ClN6O3S2. The summed E-state index contributed by atoms with van der Waals surface area (Å²) in [6.07, 6.45) is 5.04. The minimum absolute atomic E-state index is 0.0346. The van der Waals surface area contributed by atoms with Gasteiger partial charge in [0.15, 0.2) is 0 Å². The number of halogens is 1.